The van der Waals surface area contributed by atoms with E-state index in [9.17, 15) is 0 Å². The van der Waals surface area contributed by atoms with Crippen LogP contribution in [0.5, 0.6) is 0 Å². The van der Waals surface area contributed by atoms with Gasteiger partial charge in [-0.25, -0.2) is 0 Å². The average Bonchev–Trinajstić information content (AvgIpc) is 2.60. The van der Waals surface area contributed by atoms with Gasteiger partial charge in [-0.2, -0.15) is 0 Å². The van der Waals surface area contributed by atoms with Crippen molar-refractivity contribution in [1.82, 2.24) is 4.98 Å². The van der Waals surface area contributed by atoms with Crippen LogP contribution in [-0.2, 0) is 6.42 Å². The van der Waals surface area contributed by atoms with E-state index in [1.807, 2.05) is 12.3 Å². The zero-order valence-electron chi connectivity index (χ0n) is 9.23. The zero-order chi connectivity index (χ0) is 10.1. The minimum atomic E-state index is 0.922. The fraction of sp³-hybridized carbons (Fsp3) is 0.643. The first-order valence-corrected chi connectivity index (χ1v) is 6.30. The number of fused-ring (bicyclic) bond motifs is 2. The number of hydrogen-bond donors (Lipinski definition) is 0. The lowest BCUT2D eigenvalue weighted by Gasteiger charge is -2.27. The molecule has 0 aromatic carbocycles. The lowest BCUT2D eigenvalue weighted by molar-refractivity contribution is 0.258. The van der Waals surface area contributed by atoms with E-state index >= 15 is 0 Å². The van der Waals surface area contributed by atoms with Gasteiger partial charge in [0.15, 0.2) is 0 Å². The van der Waals surface area contributed by atoms with Crippen LogP contribution in [0.25, 0.3) is 0 Å². The highest BCUT2D eigenvalue weighted by Gasteiger charge is 2.33. The first-order valence-electron chi connectivity index (χ1n) is 6.30. The highest BCUT2D eigenvalue weighted by atomic mass is 14.7. The highest BCUT2D eigenvalue weighted by Crippen LogP contribution is 2.45. The molecule has 0 aliphatic heterocycles. The number of aromatic nitrogens is 1. The van der Waals surface area contributed by atoms with Gasteiger partial charge in [0, 0.05) is 11.9 Å². The smallest absolute Gasteiger partial charge is 0.0406 e. The van der Waals surface area contributed by atoms with Crippen LogP contribution >= 0.6 is 0 Å². The van der Waals surface area contributed by atoms with Crippen molar-refractivity contribution in [2.45, 2.75) is 38.5 Å². The summed E-state index contributed by atoms with van der Waals surface area (Å²) in [4.78, 5) is 4.44. The lowest BCUT2D eigenvalue weighted by Crippen LogP contribution is -2.18. The van der Waals surface area contributed by atoms with Crippen molar-refractivity contribution in [2.75, 3.05) is 0 Å². The summed E-state index contributed by atoms with van der Waals surface area (Å²) >= 11 is 0. The molecular weight excluding hydrogens is 182 g/mol. The maximum absolute atomic E-state index is 4.44. The lowest BCUT2D eigenvalue weighted by atomic mass is 9.79. The van der Waals surface area contributed by atoms with Crippen LogP contribution < -0.4 is 0 Å². The molecule has 0 spiro atoms. The van der Waals surface area contributed by atoms with Gasteiger partial charge in [-0.3, -0.25) is 4.98 Å². The van der Waals surface area contributed by atoms with Crippen LogP contribution in [-0.4, -0.2) is 4.98 Å². The van der Waals surface area contributed by atoms with E-state index in [0.29, 0.717) is 0 Å². The molecule has 3 rings (SSSR count). The molecule has 1 aromatic heterocycles. The Balaban J connectivity index is 1.65. The predicted octanol–water partition coefficient (Wildman–Crippen LogP) is 3.45. The summed E-state index contributed by atoms with van der Waals surface area (Å²) in [6.07, 6.45) is 10.6. The van der Waals surface area contributed by atoms with E-state index in [1.54, 1.807) is 0 Å². The van der Waals surface area contributed by atoms with Crippen molar-refractivity contribution >= 4 is 0 Å². The molecule has 3 atom stereocenters. The number of nitrogens with zero attached hydrogens (tertiary/aromatic N) is 1. The van der Waals surface area contributed by atoms with Crippen molar-refractivity contribution in [3.05, 3.63) is 30.1 Å². The van der Waals surface area contributed by atoms with E-state index < -0.39 is 0 Å². The minimum Gasteiger partial charge on any atom is -0.261 e. The Kier molecular flexibility index (Phi) is 2.47. The number of pyridine rings is 1. The van der Waals surface area contributed by atoms with Crippen molar-refractivity contribution in [3.8, 4) is 0 Å². The highest BCUT2D eigenvalue weighted by molar-refractivity contribution is 5.05. The summed E-state index contributed by atoms with van der Waals surface area (Å²) in [5.41, 5.74) is 1.30. The van der Waals surface area contributed by atoms with E-state index in [4.69, 9.17) is 0 Å². The first-order chi connectivity index (χ1) is 7.40. The average molecular weight is 201 g/mol. The summed E-state index contributed by atoms with van der Waals surface area (Å²) < 4.78 is 0. The summed E-state index contributed by atoms with van der Waals surface area (Å²) in [6, 6.07) is 6.30. The Bertz CT molecular complexity index is 307. The molecule has 2 aliphatic rings. The fourth-order valence-corrected chi connectivity index (χ4v) is 3.63. The van der Waals surface area contributed by atoms with Gasteiger partial charge < -0.3 is 0 Å². The standard InChI is InChI=1S/C14H19N/c1-2-6-15-14(3-1)10-13-8-11-4-5-12(7-11)9-13/h1-3,6,11-13H,4-5,7-10H2/t11-,12+,13?. The third-order valence-electron chi connectivity index (χ3n) is 4.21. The number of hydrogen-bond acceptors (Lipinski definition) is 1. The zero-order valence-corrected chi connectivity index (χ0v) is 9.23. The van der Waals surface area contributed by atoms with E-state index in [-0.39, 0.29) is 0 Å². The van der Waals surface area contributed by atoms with Crippen LogP contribution in [0.2, 0.25) is 0 Å². The van der Waals surface area contributed by atoms with Gasteiger partial charge in [-0.05, 0) is 55.6 Å². The first kappa shape index (κ1) is 9.38. The van der Waals surface area contributed by atoms with Gasteiger partial charge in [0.1, 0.15) is 0 Å². The van der Waals surface area contributed by atoms with Crippen molar-refractivity contribution < 1.29 is 0 Å². The fourth-order valence-electron chi connectivity index (χ4n) is 3.63. The van der Waals surface area contributed by atoms with Crippen LogP contribution in [0.1, 0.15) is 37.8 Å². The molecule has 1 nitrogen and oxygen atoms in total. The molecule has 1 heterocycles. The van der Waals surface area contributed by atoms with E-state index in [2.05, 4.69) is 17.1 Å². The number of rotatable bonds is 2. The summed E-state index contributed by atoms with van der Waals surface area (Å²) in [5.74, 6) is 3.03. The Morgan fingerprint density at radius 2 is 1.87 bits per heavy atom. The molecule has 15 heavy (non-hydrogen) atoms. The van der Waals surface area contributed by atoms with Crippen molar-refractivity contribution in [3.63, 3.8) is 0 Å². The molecule has 0 radical (unpaired) electrons. The van der Waals surface area contributed by atoms with Gasteiger partial charge in [0.2, 0.25) is 0 Å². The monoisotopic (exact) mass is 201 g/mol. The predicted molar refractivity (Wildman–Crippen MR) is 61.5 cm³/mol. The van der Waals surface area contributed by atoms with Crippen molar-refractivity contribution in [1.29, 1.82) is 0 Å². The normalized spacial score (nSPS) is 34.3. The summed E-state index contributed by atoms with van der Waals surface area (Å²) in [7, 11) is 0. The Hall–Kier alpha value is -0.850. The summed E-state index contributed by atoms with van der Waals surface area (Å²) in [6.45, 7) is 0. The second-order valence-corrected chi connectivity index (χ2v) is 5.41. The van der Waals surface area contributed by atoms with Crippen molar-refractivity contribution in [2.24, 2.45) is 17.8 Å². The van der Waals surface area contributed by atoms with E-state index in [1.165, 1.54) is 44.2 Å². The maximum atomic E-state index is 4.44. The molecule has 0 N–H and O–H groups in total. The Morgan fingerprint density at radius 1 is 1.07 bits per heavy atom. The van der Waals surface area contributed by atoms with Crippen LogP contribution in [0.3, 0.4) is 0 Å². The molecule has 2 fully saturated rings. The molecule has 0 saturated heterocycles. The van der Waals surface area contributed by atoms with Crippen LogP contribution in [0, 0.1) is 17.8 Å². The SMILES string of the molecule is c1ccc(CC2C[C@H]3CC[C@@H](C2)C3)nc1. The van der Waals surface area contributed by atoms with Gasteiger partial charge in [-0.15, -0.1) is 0 Å². The van der Waals surface area contributed by atoms with Gasteiger partial charge in [0.25, 0.3) is 0 Å². The second-order valence-electron chi connectivity index (χ2n) is 5.41. The second kappa shape index (κ2) is 3.96. The van der Waals surface area contributed by atoms with Gasteiger partial charge in [0.05, 0.1) is 0 Å². The van der Waals surface area contributed by atoms with Gasteiger partial charge in [-0.1, -0.05) is 18.9 Å². The third-order valence-corrected chi connectivity index (χ3v) is 4.21. The van der Waals surface area contributed by atoms with E-state index in [0.717, 1.165) is 17.8 Å². The Morgan fingerprint density at radius 3 is 2.53 bits per heavy atom. The molecule has 1 heteroatoms. The molecule has 2 bridgehead atoms. The van der Waals surface area contributed by atoms with Gasteiger partial charge >= 0.3 is 0 Å². The largest absolute Gasteiger partial charge is 0.261 e. The third kappa shape index (κ3) is 2.06. The van der Waals surface area contributed by atoms with Crippen LogP contribution in [0.15, 0.2) is 24.4 Å². The Labute approximate surface area is 91.9 Å². The molecule has 2 aliphatic carbocycles. The van der Waals surface area contributed by atoms with Crippen LogP contribution in [0.4, 0.5) is 0 Å². The molecule has 80 valence electrons. The molecule has 0 amide bonds. The topological polar surface area (TPSA) is 12.9 Å². The maximum Gasteiger partial charge on any atom is 0.0406 e. The molecule has 1 aromatic rings. The molecule has 2 saturated carbocycles. The summed E-state index contributed by atoms with van der Waals surface area (Å²) in [5, 5.41) is 0. The molecule has 1 unspecified atom stereocenters. The molecular formula is C14H19N. The minimum absolute atomic E-state index is 0.922. The quantitative estimate of drug-likeness (QED) is 0.714.